The number of para-hydroxylation sites is 1. The molecule has 6 heteroatoms. The number of carbonyl (C=O) groups is 1. The Hall–Kier alpha value is -1.92. The van der Waals surface area contributed by atoms with Crippen LogP contribution in [0.25, 0.3) is 0 Å². The van der Waals surface area contributed by atoms with Crippen LogP contribution in [0, 0.1) is 0 Å². The number of likely N-dealkylation sites (tertiary alicyclic amines) is 1. The Balaban J connectivity index is 1.31. The molecule has 2 aliphatic rings. The lowest BCUT2D eigenvalue weighted by Crippen LogP contribution is -2.46. The van der Waals surface area contributed by atoms with Crippen molar-refractivity contribution in [2.45, 2.75) is 31.8 Å². The quantitative estimate of drug-likeness (QED) is 0.844. The summed E-state index contributed by atoms with van der Waals surface area (Å²) < 4.78 is 5.90. The van der Waals surface area contributed by atoms with E-state index in [0.717, 1.165) is 56.2 Å². The summed E-state index contributed by atoms with van der Waals surface area (Å²) in [5, 5.41) is 2.68. The maximum absolute atomic E-state index is 12.8. The predicted molar refractivity (Wildman–Crippen MR) is 99.3 cm³/mol. The Bertz CT molecular complexity index is 711. The van der Waals surface area contributed by atoms with E-state index in [-0.39, 0.29) is 12.0 Å². The van der Waals surface area contributed by atoms with Gasteiger partial charge in [-0.3, -0.25) is 9.69 Å². The number of benzene rings is 1. The van der Waals surface area contributed by atoms with Gasteiger partial charge in [-0.05, 0) is 37.3 Å². The number of amides is 1. The second kappa shape index (κ2) is 7.54. The monoisotopic (exact) mass is 357 g/mol. The third-order valence-corrected chi connectivity index (χ3v) is 5.64. The summed E-state index contributed by atoms with van der Waals surface area (Å²) in [5.41, 5.74) is 2.39. The van der Waals surface area contributed by atoms with Crippen LogP contribution < -0.4 is 9.64 Å². The lowest BCUT2D eigenvalue weighted by molar-refractivity contribution is -0.120. The Morgan fingerprint density at radius 3 is 2.88 bits per heavy atom. The van der Waals surface area contributed by atoms with Gasteiger partial charge in [0, 0.05) is 36.9 Å². The van der Waals surface area contributed by atoms with Crippen LogP contribution in [-0.4, -0.2) is 48.1 Å². The van der Waals surface area contributed by atoms with Crippen LogP contribution in [0.3, 0.4) is 0 Å². The first-order valence-electron chi connectivity index (χ1n) is 8.96. The molecule has 0 N–H and O–H groups in total. The van der Waals surface area contributed by atoms with Gasteiger partial charge in [0.15, 0.2) is 0 Å². The fraction of sp³-hybridized carbons (Fsp3) is 0.474. The fourth-order valence-corrected chi connectivity index (χ4v) is 4.22. The molecule has 4 rings (SSSR count). The van der Waals surface area contributed by atoms with E-state index in [0.29, 0.717) is 6.54 Å². The molecule has 2 aliphatic heterocycles. The third kappa shape index (κ3) is 3.85. The summed E-state index contributed by atoms with van der Waals surface area (Å²) in [7, 11) is 0. The zero-order chi connectivity index (χ0) is 17.1. The number of anilines is 1. The smallest absolute Gasteiger partial charge is 0.273 e. The lowest BCUT2D eigenvalue weighted by atomic mass is 10.0. The summed E-state index contributed by atoms with van der Waals surface area (Å²) in [6, 6.07) is 8.28. The van der Waals surface area contributed by atoms with Gasteiger partial charge in [0.2, 0.25) is 5.91 Å². The Morgan fingerprint density at radius 2 is 2.08 bits per heavy atom. The number of nitrogens with zero attached hydrogens (tertiary/aromatic N) is 3. The van der Waals surface area contributed by atoms with Crippen molar-refractivity contribution in [1.29, 1.82) is 0 Å². The number of piperidine rings is 1. The molecule has 0 unspecified atom stereocenters. The van der Waals surface area contributed by atoms with Gasteiger partial charge < -0.3 is 9.64 Å². The van der Waals surface area contributed by atoms with Gasteiger partial charge in [-0.2, -0.15) is 0 Å². The van der Waals surface area contributed by atoms with Crippen LogP contribution >= 0.6 is 11.3 Å². The number of rotatable bonds is 4. The van der Waals surface area contributed by atoms with Gasteiger partial charge in [-0.15, -0.1) is 0 Å². The van der Waals surface area contributed by atoms with Crippen molar-refractivity contribution in [3.05, 3.63) is 41.4 Å². The van der Waals surface area contributed by atoms with Gasteiger partial charge >= 0.3 is 0 Å². The largest absolute Gasteiger partial charge is 0.467 e. The van der Waals surface area contributed by atoms with Gasteiger partial charge in [0.25, 0.3) is 5.19 Å². The summed E-state index contributed by atoms with van der Waals surface area (Å²) in [6.07, 6.45) is 6.00. The number of carbonyl (C=O) groups excluding carboxylic acids is 1. The molecule has 1 saturated heterocycles. The average molecular weight is 357 g/mol. The van der Waals surface area contributed by atoms with Crippen LogP contribution in [0.15, 0.2) is 35.8 Å². The molecule has 0 spiro atoms. The van der Waals surface area contributed by atoms with Crippen LogP contribution in [0.1, 0.15) is 24.8 Å². The maximum atomic E-state index is 12.8. The first-order chi connectivity index (χ1) is 12.3. The molecule has 0 saturated carbocycles. The zero-order valence-corrected chi connectivity index (χ0v) is 15.1. The van der Waals surface area contributed by atoms with E-state index < -0.39 is 0 Å². The minimum Gasteiger partial charge on any atom is -0.467 e. The highest BCUT2D eigenvalue weighted by Gasteiger charge is 2.27. The molecule has 132 valence electrons. The van der Waals surface area contributed by atoms with Crippen LogP contribution in [0.5, 0.6) is 5.19 Å². The minimum absolute atomic E-state index is 0.214. The van der Waals surface area contributed by atoms with Crippen molar-refractivity contribution in [2.75, 3.05) is 31.1 Å². The Morgan fingerprint density at radius 1 is 1.24 bits per heavy atom. The van der Waals surface area contributed by atoms with Crippen LogP contribution in [-0.2, 0) is 11.2 Å². The standard InChI is InChI=1S/C19H23N3O2S/c23-18(22-10-3-5-15-4-1-2-6-17(15)22)14-21-11-7-16(8-12-21)24-19-20-9-13-25-19/h1-2,4,6,9,13,16H,3,5,7-8,10-12,14H2. The SMILES string of the molecule is O=C(CN1CCC(Oc2nccs2)CC1)N1CCCc2ccccc21. The molecule has 5 nitrogen and oxygen atoms in total. The second-order valence-electron chi connectivity index (χ2n) is 6.67. The predicted octanol–water partition coefficient (Wildman–Crippen LogP) is 2.97. The number of aryl methyl sites for hydroxylation is 1. The van der Waals surface area contributed by atoms with E-state index in [4.69, 9.17) is 4.74 Å². The van der Waals surface area contributed by atoms with E-state index >= 15 is 0 Å². The zero-order valence-electron chi connectivity index (χ0n) is 14.3. The molecular weight excluding hydrogens is 334 g/mol. The van der Waals surface area contributed by atoms with E-state index in [9.17, 15) is 4.79 Å². The molecule has 1 aromatic heterocycles. The van der Waals surface area contributed by atoms with Crippen LogP contribution in [0.4, 0.5) is 5.69 Å². The normalized spacial score (nSPS) is 18.8. The maximum Gasteiger partial charge on any atom is 0.273 e. The summed E-state index contributed by atoms with van der Waals surface area (Å²) >= 11 is 1.53. The first-order valence-corrected chi connectivity index (χ1v) is 9.84. The molecule has 2 aromatic rings. The highest BCUT2D eigenvalue weighted by atomic mass is 32.1. The molecule has 1 aromatic carbocycles. The van der Waals surface area contributed by atoms with E-state index in [1.807, 2.05) is 16.3 Å². The highest BCUT2D eigenvalue weighted by Crippen LogP contribution is 2.27. The third-order valence-electron chi connectivity index (χ3n) is 4.98. The molecule has 0 radical (unpaired) electrons. The summed E-state index contributed by atoms with van der Waals surface area (Å²) in [6.45, 7) is 3.13. The van der Waals surface area contributed by atoms with Crippen molar-refractivity contribution < 1.29 is 9.53 Å². The number of ether oxygens (including phenoxy) is 1. The minimum atomic E-state index is 0.214. The van der Waals surface area contributed by atoms with Crippen molar-refractivity contribution in [3.8, 4) is 5.19 Å². The Labute approximate surface area is 152 Å². The van der Waals surface area contributed by atoms with Gasteiger partial charge in [-0.1, -0.05) is 29.5 Å². The number of hydrogen-bond donors (Lipinski definition) is 0. The fourth-order valence-electron chi connectivity index (χ4n) is 3.67. The first kappa shape index (κ1) is 16.5. The van der Waals surface area contributed by atoms with E-state index in [1.54, 1.807) is 6.20 Å². The van der Waals surface area contributed by atoms with Gasteiger partial charge in [-0.25, -0.2) is 4.98 Å². The van der Waals surface area contributed by atoms with E-state index in [1.165, 1.54) is 16.9 Å². The molecule has 3 heterocycles. The second-order valence-corrected chi connectivity index (χ2v) is 7.53. The van der Waals surface area contributed by atoms with Crippen LogP contribution in [0.2, 0.25) is 0 Å². The molecule has 25 heavy (non-hydrogen) atoms. The topological polar surface area (TPSA) is 45.7 Å². The molecule has 0 bridgehead atoms. The van der Waals surface area contributed by atoms with E-state index in [2.05, 4.69) is 28.1 Å². The number of thiazole rings is 1. The molecule has 0 atom stereocenters. The van der Waals surface area contributed by atoms with Gasteiger partial charge in [0.05, 0.1) is 6.54 Å². The molecular formula is C19H23N3O2S. The number of aromatic nitrogens is 1. The molecule has 1 amide bonds. The molecule has 0 aliphatic carbocycles. The van der Waals surface area contributed by atoms with Crippen molar-refractivity contribution in [3.63, 3.8) is 0 Å². The summed E-state index contributed by atoms with van der Waals surface area (Å²) in [5.74, 6) is 0.214. The number of fused-ring (bicyclic) bond motifs is 1. The van der Waals surface area contributed by atoms with Gasteiger partial charge in [0.1, 0.15) is 6.10 Å². The number of hydrogen-bond acceptors (Lipinski definition) is 5. The molecule has 1 fully saturated rings. The highest BCUT2D eigenvalue weighted by molar-refractivity contribution is 7.11. The summed E-state index contributed by atoms with van der Waals surface area (Å²) in [4.78, 5) is 21.2. The van der Waals surface area contributed by atoms with Crippen molar-refractivity contribution in [1.82, 2.24) is 9.88 Å². The van der Waals surface area contributed by atoms with Crippen molar-refractivity contribution >= 4 is 22.9 Å². The van der Waals surface area contributed by atoms with Crippen molar-refractivity contribution in [2.24, 2.45) is 0 Å². The average Bonchev–Trinajstić information content (AvgIpc) is 3.16. The Kier molecular flexibility index (Phi) is 4.99. The lowest BCUT2D eigenvalue weighted by Gasteiger charge is -2.34.